The molecule has 3 heteroatoms. The summed E-state index contributed by atoms with van der Waals surface area (Å²) >= 11 is 0. The summed E-state index contributed by atoms with van der Waals surface area (Å²) < 4.78 is 5.07. The predicted molar refractivity (Wildman–Crippen MR) is 51.5 cm³/mol. The maximum atomic E-state index is 11.7. The molecule has 0 spiro atoms. The van der Waals surface area contributed by atoms with Crippen LogP contribution in [0.3, 0.4) is 0 Å². The molecule has 0 radical (unpaired) electrons. The van der Waals surface area contributed by atoms with Crippen LogP contribution in [0.15, 0.2) is 0 Å². The minimum Gasteiger partial charge on any atom is -0.465 e. The third kappa shape index (κ3) is 0.398. The van der Waals surface area contributed by atoms with Crippen LogP contribution < -0.4 is 5.73 Å². The first kappa shape index (κ1) is 7.66. The van der Waals surface area contributed by atoms with E-state index in [9.17, 15) is 4.79 Å². The van der Waals surface area contributed by atoms with E-state index in [0.29, 0.717) is 6.61 Å². The molecular weight excluding hydrogens is 190 g/mol. The van der Waals surface area contributed by atoms with Gasteiger partial charge in [-0.15, -0.1) is 0 Å². The highest BCUT2D eigenvalue weighted by molar-refractivity contribution is 5.79. The zero-order valence-electron chi connectivity index (χ0n) is 8.72. The molecule has 6 rings (SSSR count). The lowest BCUT2D eigenvalue weighted by Crippen LogP contribution is -3.07. The van der Waals surface area contributed by atoms with Crippen molar-refractivity contribution in [3.8, 4) is 0 Å². The third-order valence-electron chi connectivity index (χ3n) is 6.63. The average Bonchev–Trinajstić information content (AvgIpc) is 2.28. The van der Waals surface area contributed by atoms with Crippen molar-refractivity contribution in [3.05, 3.63) is 0 Å². The van der Waals surface area contributed by atoms with Crippen LogP contribution in [0.4, 0.5) is 0 Å². The fourth-order valence-corrected chi connectivity index (χ4v) is 6.58. The van der Waals surface area contributed by atoms with E-state index in [1.54, 1.807) is 0 Å². The molecule has 6 aliphatic carbocycles. The van der Waals surface area contributed by atoms with Crippen molar-refractivity contribution >= 4 is 5.97 Å². The van der Waals surface area contributed by atoms with Gasteiger partial charge in [-0.2, -0.15) is 0 Å². The topological polar surface area (TPSA) is 52.3 Å². The standard InChI is InChI=1S/C12H15NO2/c1-2-15-11(14)10(13)12-7-4-3-5(7)9(12)6(3)8(4)12/h3-10H,2,13H2,1H3/t3?,4?,5?,6?,7?,8?,9?,10-,12?/m1/s1. The summed E-state index contributed by atoms with van der Waals surface area (Å²) in [4.78, 5) is 11.7. The Bertz CT molecular complexity index is 354. The van der Waals surface area contributed by atoms with Gasteiger partial charge in [0.1, 0.15) is 6.04 Å². The van der Waals surface area contributed by atoms with Gasteiger partial charge in [0, 0.05) is 5.41 Å². The Morgan fingerprint density at radius 3 is 2.27 bits per heavy atom. The first-order valence-corrected chi connectivity index (χ1v) is 6.18. The van der Waals surface area contributed by atoms with Crippen molar-refractivity contribution in [3.63, 3.8) is 0 Å². The van der Waals surface area contributed by atoms with E-state index in [1.807, 2.05) is 6.92 Å². The van der Waals surface area contributed by atoms with Gasteiger partial charge in [-0.3, -0.25) is 4.79 Å². The first-order valence-electron chi connectivity index (χ1n) is 6.18. The van der Waals surface area contributed by atoms with Gasteiger partial charge in [0.15, 0.2) is 0 Å². The molecule has 6 saturated carbocycles. The summed E-state index contributed by atoms with van der Waals surface area (Å²) in [5, 5.41) is 0. The van der Waals surface area contributed by atoms with Crippen LogP contribution in [0.5, 0.6) is 0 Å². The summed E-state index contributed by atoms with van der Waals surface area (Å²) in [6.45, 7) is 2.31. The van der Waals surface area contributed by atoms with Crippen molar-refractivity contribution in [2.75, 3.05) is 6.61 Å². The van der Waals surface area contributed by atoms with Gasteiger partial charge in [-0.05, 0) is 48.3 Å². The minimum atomic E-state index is -0.303. The molecule has 0 bridgehead atoms. The van der Waals surface area contributed by atoms with E-state index >= 15 is 0 Å². The van der Waals surface area contributed by atoms with E-state index in [1.165, 1.54) is 0 Å². The quantitative estimate of drug-likeness (QED) is 0.672. The Kier molecular flexibility index (Phi) is 0.894. The lowest BCUT2D eigenvalue weighted by Gasteiger charge is -3.08. The van der Waals surface area contributed by atoms with E-state index in [4.69, 9.17) is 10.5 Å². The normalized spacial score (nSPS) is 69.9. The highest BCUT2D eigenvalue weighted by Crippen LogP contribution is 3.06. The number of carbonyl (C=O) groups excluding carboxylic acids is 1. The van der Waals surface area contributed by atoms with Crippen molar-refractivity contribution in [1.29, 1.82) is 0 Å². The smallest absolute Gasteiger partial charge is 0.323 e. The van der Waals surface area contributed by atoms with Gasteiger partial charge in [0.25, 0.3) is 0 Å². The monoisotopic (exact) mass is 205 g/mol. The second-order valence-corrected chi connectivity index (χ2v) is 6.12. The first-order chi connectivity index (χ1) is 7.26. The van der Waals surface area contributed by atoms with Crippen LogP contribution in [0.2, 0.25) is 0 Å². The molecule has 0 aliphatic heterocycles. The number of ether oxygens (including phenoxy) is 1. The van der Waals surface area contributed by atoms with Gasteiger partial charge in [0.2, 0.25) is 0 Å². The van der Waals surface area contributed by atoms with Crippen LogP contribution in [0.1, 0.15) is 6.92 Å². The minimum absolute atomic E-state index is 0.145. The van der Waals surface area contributed by atoms with Gasteiger partial charge >= 0.3 is 5.97 Å². The molecule has 0 amide bonds. The molecule has 0 aromatic rings. The molecule has 0 aromatic heterocycles. The number of hydrogen-bond acceptors (Lipinski definition) is 3. The number of rotatable bonds is 3. The summed E-state index contributed by atoms with van der Waals surface area (Å²) in [7, 11) is 0. The Morgan fingerprint density at radius 2 is 1.80 bits per heavy atom. The second kappa shape index (κ2) is 1.75. The molecule has 2 N–H and O–H groups in total. The molecule has 1 atom stereocenters. The van der Waals surface area contributed by atoms with Gasteiger partial charge in [-0.1, -0.05) is 0 Å². The Balaban J connectivity index is 1.46. The number of esters is 1. The molecule has 0 heterocycles. The maximum absolute atomic E-state index is 11.7. The summed E-state index contributed by atoms with van der Waals surface area (Å²) in [6, 6.07) is -0.303. The van der Waals surface area contributed by atoms with Gasteiger partial charge < -0.3 is 10.5 Å². The number of nitrogens with two attached hydrogens (primary N) is 1. The summed E-state index contributed by atoms with van der Waals surface area (Å²) in [5.74, 6) is 6.42. The van der Waals surface area contributed by atoms with E-state index in [0.717, 1.165) is 41.4 Å². The van der Waals surface area contributed by atoms with E-state index < -0.39 is 0 Å². The highest BCUT2D eigenvalue weighted by atomic mass is 16.5. The van der Waals surface area contributed by atoms with Gasteiger partial charge in [-0.25, -0.2) is 0 Å². The Labute approximate surface area is 88.3 Å². The number of carbonyl (C=O) groups is 1. The number of hydrogen-bond donors (Lipinski definition) is 1. The SMILES string of the molecule is CCOC(=O)[C@@H](N)C12C3C4C5C3C1C5C42. The fraction of sp³-hybridized carbons (Fsp3) is 0.917. The van der Waals surface area contributed by atoms with Crippen LogP contribution >= 0.6 is 0 Å². The molecule has 0 saturated heterocycles. The van der Waals surface area contributed by atoms with Crippen molar-refractivity contribution in [2.45, 2.75) is 13.0 Å². The van der Waals surface area contributed by atoms with Crippen molar-refractivity contribution < 1.29 is 9.53 Å². The summed E-state index contributed by atoms with van der Waals surface area (Å²) in [5.41, 5.74) is 6.38. The van der Waals surface area contributed by atoms with E-state index in [-0.39, 0.29) is 17.4 Å². The molecule has 80 valence electrons. The molecular formula is C12H15NO2. The third-order valence-corrected chi connectivity index (χ3v) is 6.63. The molecule has 3 nitrogen and oxygen atoms in total. The lowest BCUT2D eigenvalue weighted by molar-refractivity contribution is -0.616. The molecule has 0 aromatic carbocycles. The van der Waals surface area contributed by atoms with Crippen molar-refractivity contribution in [2.24, 2.45) is 52.6 Å². The van der Waals surface area contributed by atoms with Crippen LogP contribution in [0, 0.1) is 46.8 Å². The zero-order valence-corrected chi connectivity index (χ0v) is 8.72. The fourth-order valence-electron chi connectivity index (χ4n) is 6.58. The van der Waals surface area contributed by atoms with Crippen LogP contribution in [-0.2, 0) is 9.53 Å². The molecule has 6 fully saturated rings. The second-order valence-electron chi connectivity index (χ2n) is 6.12. The highest BCUT2D eigenvalue weighted by Gasteiger charge is 3.05. The zero-order chi connectivity index (χ0) is 10.1. The Hall–Kier alpha value is -0.570. The average molecular weight is 205 g/mol. The van der Waals surface area contributed by atoms with Crippen molar-refractivity contribution in [1.82, 2.24) is 0 Å². The van der Waals surface area contributed by atoms with Crippen LogP contribution in [-0.4, -0.2) is 18.6 Å². The van der Waals surface area contributed by atoms with Crippen LogP contribution in [0.25, 0.3) is 0 Å². The predicted octanol–water partition coefficient (Wildman–Crippen LogP) is 0.245. The van der Waals surface area contributed by atoms with E-state index in [2.05, 4.69) is 0 Å². The molecule has 6 aliphatic rings. The largest absolute Gasteiger partial charge is 0.465 e. The van der Waals surface area contributed by atoms with Gasteiger partial charge in [0.05, 0.1) is 6.61 Å². The Morgan fingerprint density at radius 1 is 1.27 bits per heavy atom. The maximum Gasteiger partial charge on any atom is 0.323 e. The lowest BCUT2D eigenvalue weighted by atomic mass is 8.96. The molecule has 15 heavy (non-hydrogen) atoms. The molecule has 0 unspecified atom stereocenters. The summed E-state index contributed by atoms with van der Waals surface area (Å²) in [6.07, 6.45) is 0.